The molecule has 0 aliphatic carbocycles. The van der Waals surface area contributed by atoms with Gasteiger partial charge in [0.15, 0.2) is 0 Å². The molecule has 0 spiro atoms. The minimum absolute atomic E-state index is 0.164. The Balaban J connectivity index is 1.56. The van der Waals surface area contributed by atoms with Crippen molar-refractivity contribution in [1.29, 1.82) is 0 Å². The molecule has 180 valence electrons. The predicted octanol–water partition coefficient (Wildman–Crippen LogP) is 7.18. The highest BCUT2D eigenvalue weighted by molar-refractivity contribution is 7.17. The van der Waals surface area contributed by atoms with Crippen molar-refractivity contribution in [1.82, 2.24) is 15.1 Å². The van der Waals surface area contributed by atoms with Gasteiger partial charge in [-0.25, -0.2) is 0 Å². The zero-order valence-corrected chi connectivity index (χ0v) is 22.0. The Morgan fingerprint density at radius 3 is 2.50 bits per heavy atom. The van der Waals surface area contributed by atoms with Gasteiger partial charge >= 0.3 is 0 Å². The van der Waals surface area contributed by atoms with Crippen LogP contribution >= 0.6 is 11.3 Å². The first-order valence-electron chi connectivity index (χ1n) is 12.6. The summed E-state index contributed by atoms with van der Waals surface area (Å²) in [7, 11) is 0. The van der Waals surface area contributed by atoms with E-state index in [4.69, 9.17) is 4.74 Å². The lowest BCUT2D eigenvalue weighted by Crippen LogP contribution is -2.46. The lowest BCUT2D eigenvalue weighted by atomic mass is 9.89. The van der Waals surface area contributed by atoms with Crippen molar-refractivity contribution in [3.05, 3.63) is 65.2 Å². The van der Waals surface area contributed by atoms with Gasteiger partial charge in [0.05, 0.1) is 6.10 Å². The molecule has 4 nitrogen and oxygen atoms in total. The van der Waals surface area contributed by atoms with E-state index in [1.54, 1.807) is 11.3 Å². The van der Waals surface area contributed by atoms with Gasteiger partial charge in [-0.1, -0.05) is 62.5 Å². The van der Waals surface area contributed by atoms with Crippen LogP contribution < -0.4 is 4.74 Å². The maximum atomic E-state index is 5.98. The molecule has 1 aliphatic rings. The molecule has 0 radical (unpaired) electrons. The molecule has 0 bridgehead atoms. The molecule has 5 heteroatoms. The Bertz CT molecular complexity index is 1140. The molecule has 0 atom stereocenters. The fourth-order valence-corrected chi connectivity index (χ4v) is 5.59. The second kappa shape index (κ2) is 10.8. The topological polar surface area (TPSA) is 38.2 Å². The summed E-state index contributed by atoms with van der Waals surface area (Å²) in [5.74, 6) is 1.62. The molecule has 1 saturated heterocycles. The van der Waals surface area contributed by atoms with E-state index in [0.29, 0.717) is 5.92 Å². The number of hydrogen-bond acceptors (Lipinski definition) is 5. The van der Waals surface area contributed by atoms with Crippen molar-refractivity contribution < 1.29 is 4.74 Å². The van der Waals surface area contributed by atoms with Gasteiger partial charge in [0.25, 0.3) is 0 Å². The summed E-state index contributed by atoms with van der Waals surface area (Å²) >= 11 is 1.67. The van der Waals surface area contributed by atoms with Crippen molar-refractivity contribution in [2.24, 2.45) is 5.92 Å². The summed E-state index contributed by atoms with van der Waals surface area (Å²) in [6.07, 6.45) is 3.16. The van der Waals surface area contributed by atoms with E-state index < -0.39 is 0 Å². The number of aryl methyl sites for hydroxylation is 1. The first-order valence-corrected chi connectivity index (χ1v) is 13.4. The zero-order chi connectivity index (χ0) is 24.2. The molecule has 1 aromatic heterocycles. The van der Waals surface area contributed by atoms with E-state index in [9.17, 15) is 0 Å². The van der Waals surface area contributed by atoms with Gasteiger partial charge in [0, 0.05) is 36.7 Å². The third-order valence-electron chi connectivity index (χ3n) is 6.72. The quantitative estimate of drug-likeness (QED) is 0.291. The molecule has 0 unspecified atom stereocenters. The van der Waals surface area contributed by atoms with E-state index in [1.807, 2.05) is 0 Å². The number of nitrogens with zero attached hydrogens (tertiary/aromatic N) is 3. The number of benzene rings is 2. The third kappa shape index (κ3) is 5.26. The summed E-state index contributed by atoms with van der Waals surface area (Å²) in [4.78, 5) is 2.53. The lowest BCUT2D eigenvalue weighted by molar-refractivity contribution is 0.113. The molecular formula is C29H37N3OS. The average molecular weight is 476 g/mol. The summed E-state index contributed by atoms with van der Waals surface area (Å²) in [5.41, 5.74) is 7.71. The number of aromatic nitrogens is 2. The third-order valence-corrected chi connectivity index (χ3v) is 7.72. The predicted molar refractivity (Wildman–Crippen MR) is 143 cm³/mol. The monoisotopic (exact) mass is 475 g/mol. The van der Waals surface area contributed by atoms with Crippen LogP contribution in [0.4, 0.5) is 0 Å². The first-order chi connectivity index (χ1) is 16.4. The molecule has 2 heterocycles. The molecule has 4 rings (SSSR count). The van der Waals surface area contributed by atoms with Crippen LogP contribution in [0, 0.1) is 5.92 Å². The molecule has 2 aromatic carbocycles. The zero-order valence-electron chi connectivity index (χ0n) is 21.2. The van der Waals surface area contributed by atoms with Gasteiger partial charge in [-0.3, -0.25) is 4.90 Å². The number of hydrogen-bond donors (Lipinski definition) is 0. The maximum absolute atomic E-state index is 5.98. The van der Waals surface area contributed by atoms with Crippen molar-refractivity contribution >= 4 is 11.3 Å². The van der Waals surface area contributed by atoms with Crippen LogP contribution in [0.1, 0.15) is 57.7 Å². The first kappa shape index (κ1) is 24.6. The Morgan fingerprint density at radius 1 is 1.06 bits per heavy atom. The number of rotatable bonds is 10. The molecule has 1 aliphatic heterocycles. The van der Waals surface area contributed by atoms with E-state index >= 15 is 0 Å². The Morgan fingerprint density at radius 2 is 1.82 bits per heavy atom. The van der Waals surface area contributed by atoms with E-state index in [1.165, 1.54) is 27.8 Å². The largest absolute Gasteiger partial charge is 0.491 e. The van der Waals surface area contributed by atoms with Crippen LogP contribution in [0.2, 0.25) is 0 Å². The fraction of sp³-hybridized carbons (Fsp3) is 0.448. The summed E-state index contributed by atoms with van der Waals surface area (Å²) in [6, 6.07) is 13.0. The van der Waals surface area contributed by atoms with E-state index in [2.05, 4.69) is 92.7 Å². The Kier molecular flexibility index (Phi) is 7.84. The van der Waals surface area contributed by atoms with Crippen LogP contribution in [0.5, 0.6) is 5.75 Å². The standard InChI is InChI=1S/C29H37N3OS/c1-7-20(6)24-17-32(18-24)16-23-11-10-12-26(25(23)9-3)29-31-30-28(34-29)22-13-14-27(33-19(4)5)21(8-2)15-22/h10-15,19,24H,6-9,16-18H2,1-5H3. The second-order valence-corrected chi connectivity index (χ2v) is 10.4. The molecular weight excluding hydrogens is 438 g/mol. The molecule has 0 amide bonds. The van der Waals surface area contributed by atoms with Gasteiger partial charge in [0.2, 0.25) is 0 Å². The van der Waals surface area contributed by atoms with Crippen molar-refractivity contribution in [3.63, 3.8) is 0 Å². The maximum Gasteiger partial charge on any atom is 0.148 e. The highest BCUT2D eigenvalue weighted by Crippen LogP contribution is 2.36. The minimum Gasteiger partial charge on any atom is -0.491 e. The van der Waals surface area contributed by atoms with Crippen LogP contribution in [-0.4, -0.2) is 34.3 Å². The molecule has 0 saturated carbocycles. The van der Waals surface area contributed by atoms with Crippen LogP contribution in [0.15, 0.2) is 48.6 Å². The highest BCUT2D eigenvalue weighted by atomic mass is 32.1. The summed E-state index contributed by atoms with van der Waals surface area (Å²) in [5, 5.41) is 11.1. The van der Waals surface area contributed by atoms with Gasteiger partial charge in [-0.2, -0.15) is 0 Å². The fourth-order valence-electron chi connectivity index (χ4n) is 4.69. The van der Waals surface area contributed by atoms with Gasteiger partial charge in [-0.15, -0.1) is 10.2 Å². The van der Waals surface area contributed by atoms with Crippen molar-refractivity contribution in [2.75, 3.05) is 13.1 Å². The van der Waals surface area contributed by atoms with E-state index in [0.717, 1.165) is 60.2 Å². The van der Waals surface area contributed by atoms with Gasteiger partial charge in [-0.05, 0) is 68.0 Å². The normalized spacial score (nSPS) is 14.4. The summed E-state index contributed by atoms with van der Waals surface area (Å²) < 4.78 is 5.98. The average Bonchev–Trinajstić information content (AvgIpc) is 3.30. The van der Waals surface area contributed by atoms with Crippen molar-refractivity contribution in [2.45, 2.75) is 66.5 Å². The number of ether oxygens (including phenoxy) is 1. The molecule has 1 fully saturated rings. The van der Waals surface area contributed by atoms with Gasteiger partial charge in [0.1, 0.15) is 15.8 Å². The molecule has 34 heavy (non-hydrogen) atoms. The Hall–Kier alpha value is -2.50. The highest BCUT2D eigenvalue weighted by Gasteiger charge is 2.28. The number of likely N-dealkylation sites (tertiary alicyclic amines) is 1. The molecule has 3 aromatic rings. The summed E-state index contributed by atoms with van der Waals surface area (Å²) in [6.45, 7) is 18.2. The molecule has 0 N–H and O–H groups in total. The second-order valence-electron chi connectivity index (χ2n) is 9.45. The minimum atomic E-state index is 0.164. The smallest absolute Gasteiger partial charge is 0.148 e. The van der Waals surface area contributed by atoms with Crippen LogP contribution in [-0.2, 0) is 19.4 Å². The van der Waals surface area contributed by atoms with Crippen LogP contribution in [0.3, 0.4) is 0 Å². The Labute approximate surface area is 208 Å². The van der Waals surface area contributed by atoms with E-state index in [-0.39, 0.29) is 6.10 Å². The lowest BCUT2D eigenvalue weighted by Gasteiger charge is -2.40. The van der Waals surface area contributed by atoms with Crippen LogP contribution in [0.25, 0.3) is 21.1 Å². The SMILES string of the molecule is C=C(CC)C1CN(Cc2cccc(-c3nnc(-c4ccc(OC(C)C)c(CC)c4)s3)c2CC)C1. The van der Waals surface area contributed by atoms with Crippen molar-refractivity contribution in [3.8, 4) is 26.9 Å². The van der Waals surface area contributed by atoms with Gasteiger partial charge < -0.3 is 4.74 Å².